The van der Waals surface area contributed by atoms with Gasteiger partial charge in [-0.3, -0.25) is 0 Å². The molecule has 0 saturated carbocycles. The van der Waals surface area contributed by atoms with Crippen molar-refractivity contribution in [2.24, 2.45) is 0 Å². The molecule has 0 aliphatic heterocycles. The largest absolute Gasteiger partial charge is 0.456 e. The minimum atomic E-state index is 0.234. The molecule has 0 aromatic heterocycles. The molecule has 3 aromatic carbocycles. The van der Waals surface area contributed by atoms with Gasteiger partial charge in [0, 0.05) is 6.07 Å². The summed E-state index contributed by atoms with van der Waals surface area (Å²) in [6.45, 7) is 0. The van der Waals surface area contributed by atoms with Crippen molar-refractivity contribution < 1.29 is 9.47 Å². The van der Waals surface area contributed by atoms with Gasteiger partial charge < -0.3 is 20.9 Å². The maximum atomic E-state index is 6.16. The van der Waals surface area contributed by atoms with E-state index in [0.717, 1.165) is 0 Å². The van der Waals surface area contributed by atoms with Crippen LogP contribution in [0.3, 0.4) is 0 Å². The lowest BCUT2D eigenvalue weighted by Gasteiger charge is -2.13. The molecular weight excluding hydrogens is 418 g/mol. The monoisotopic (exact) mass is 428 g/mol. The first-order chi connectivity index (χ1) is 12.4. The maximum absolute atomic E-state index is 6.16. The molecule has 26 heavy (non-hydrogen) atoms. The number of ether oxygens (including phenoxy) is 2. The normalized spacial score (nSPS) is 10.6. The number of hydrogen-bond donors (Lipinski definition) is 2. The first-order valence-corrected chi connectivity index (χ1v) is 8.80. The van der Waals surface area contributed by atoms with E-state index < -0.39 is 0 Å². The van der Waals surface area contributed by atoms with Gasteiger partial charge in [-0.25, -0.2) is 0 Å². The topological polar surface area (TPSA) is 70.5 Å². The van der Waals surface area contributed by atoms with Crippen molar-refractivity contribution >= 4 is 57.8 Å². The quantitative estimate of drug-likeness (QED) is 0.436. The highest BCUT2D eigenvalue weighted by Gasteiger charge is 2.12. The van der Waals surface area contributed by atoms with Crippen molar-refractivity contribution in [3.8, 4) is 23.0 Å². The average Bonchev–Trinajstić information content (AvgIpc) is 2.63. The third-order valence-electron chi connectivity index (χ3n) is 3.44. The van der Waals surface area contributed by atoms with Gasteiger partial charge in [0.05, 0.1) is 21.4 Å². The van der Waals surface area contributed by atoms with E-state index >= 15 is 0 Å². The highest BCUT2D eigenvalue weighted by Crippen LogP contribution is 2.40. The minimum Gasteiger partial charge on any atom is -0.456 e. The van der Waals surface area contributed by atoms with Crippen LogP contribution in [0.15, 0.2) is 48.5 Å². The molecule has 0 fully saturated rings. The zero-order valence-corrected chi connectivity index (χ0v) is 16.1. The summed E-state index contributed by atoms with van der Waals surface area (Å²) in [5.41, 5.74) is 12.1. The van der Waals surface area contributed by atoms with Gasteiger partial charge in [0.1, 0.15) is 33.0 Å². The molecule has 0 amide bonds. The third-order valence-corrected chi connectivity index (χ3v) is 4.88. The molecule has 3 rings (SSSR count). The van der Waals surface area contributed by atoms with Crippen LogP contribution < -0.4 is 20.9 Å². The zero-order chi connectivity index (χ0) is 18.8. The number of benzene rings is 3. The summed E-state index contributed by atoms with van der Waals surface area (Å²) in [5, 5.41) is 1.18. The molecule has 8 heteroatoms. The second-order valence-corrected chi connectivity index (χ2v) is 6.80. The fourth-order valence-corrected chi connectivity index (χ4v) is 2.93. The van der Waals surface area contributed by atoms with Crippen molar-refractivity contribution in [1.82, 2.24) is 0 Å². The Balaban J connectivity index is 1.85. The van der Waals surface area contributed by atoms with Gasteiger partial charge in [-0.15, -0.1) is 0 Å². The molecule has 0 spiro atoms. The lowest BCUT2D eigenvalue weighted by molar-refractivity contribution is 0.461. The number of hydrogen-bond acceptors (Lipinski definition) is 4. The van der Waals surface area contributed by atoms with E-state index in [1.165, 1.54) is 0 Å². The van der Waals surface area contributed by atoms with Crippen molar-refractivity contribution in [3.05, 3.63) is 68.6 Å². The van der Waals surface area contributed by atoms with Crippen LogP contribution >= 0.6 is 46.4 Å². The molecular formula is C18H12Cl4N2O2. The van der Waals surface area contributed by atoms with Crippen molar-refractivity contribution in [1.29, 1.82) is 0 Å². The Morgan fingerprint density at radius 2 is 1.04 bits per heavy atom. The minimum absolute atomic E-state index is 0.234. The molecule has 134 valence electrons. The van der Waals surface area contributed by atoms with Crippen molar-refractivity contribution in [3.63, 3.8) is 0 Å². The first-order valence-electron chi connectivity index (χ1n) is 7.29. The molecule has 0 radical (unpaired) electrons. The molecule has 3 aromatic rings. The molecule has 0 aliphatic carbocycles. The molecule has 4 N–H and O–H groups in total. The summed E-state index contributed by atoms with van der Waals surface area (Å²) >= 11 is 24.2. The highest BCUT2D eigenvalue weighted by atomic mass is 35.5. The van der Waals surface area contributed by atoms with Crippen LogP contribution in [0.2, 0.25) is 20.1 Å². The molecule has 0 atom stereocenters. The number of rotatable bonds is 4. The SMILES string of the molecule is Nc1c(Cl)ccc(Oc2cccc(Oc3ccc(Cl)c(N)c3Cl)c2)c1Cl. The van der Waals surface area contributed by atoms with Crippen LogP contribution in [0.25, 0.3) is 0 Å². The van der Waals surface area contributed by atoms with E-state index in [1.54, 1.807) is 48.5 Å². The summed E-state index contributed by atoms with van der Waals surface area (Å²) in [7, 11) is 0. The Labute approximate surface area is 170 Å². The molecule has 0 aliphatic rings. The molecule has 0 unspecified atom stereocenters. The number of anilines is 2. The lowest BCUT2D eigenvalue weighted by atomic mass is 10.3. The second kappa shape index (κ2) is 7.72. The van der Waals surface area contributed by atoms with Crippen LogP contribution in [0.4, 0.5) is 11.4 Å². The van der Waals surface area contributed by atoms with Gasteiger partial charge in [-0.05, 0) is 36.4 Å². The summed E-state index contributed by atoms with van der Waals surface area (Å²) < 4.78 is 11.5. The Morgan fingerprint density at radius 3 is 1.46 bits per heavy atom. The Morgan fingerprint density at radius 1 is 0.615 bits per heavy atom. The van der Waals surface area contributed by atoms with Crippen LogP contribution in [-0.2, 0) is 0 Å². The van der Waals surface area contributed by atoms with Gasteiger partial charge >= 0.3 is 0 Å². The van der Waals surface area contributed by atoms with Gasteiger partial charge in [0.2, 0.25) is 0 Å². The fourth-order valence-electron chi connectivity index (χ4n) is 2.11. The summed E-state index contributed by atoms with van der Waals surface area (Å²) in [4.78, 5) is 0. The predicted molar refractivity (Wildman–Crippen MR) is 108 cm³/mol. The highest BCUT2D eigenvalue weighted by molar-refractivity contribution is 6.40. The Hall–Kier alpha value is -1.98. The Kier molecular flexibility index (Phi) is 5.58. The first kappa shape index (κ1) is 18.8. The van der Waals surface area contributed by atoms with E-state index in [0.29, 0.717) is 33.0 Å². The van der Waals surface area contributed by atoms with Crippen LogP contribution in [0.5, 0.6) is 23.0 Å². The zero-order valence-electron chi connectivity index (χ0n) is 13.1. The maximum Gasteiger partial charge on any atom is 0.148 e. The average molecular weight is 430 g/mol. The van der Waals surface area contributed by atoms with Crippen molar-refractivity contribution in [2.75, 3.05) is 11.5 Å². The smallest absolute Gasteiger partial charge is 0.148 e. The van der Waals surface area contributed by atoms with Crippen LogP contribution in [0.1, 0.15) is 0 Å². The number of halogens is 4. The lowest BCUT2D eigenvalue weighted by Crippen LogP contribution is -1.93. The van der Waals surface area contributed by atoms with Gasteiger partial charge in [-0.2, -0.15) is 0 Å². The summed E-state index contributed by atoms with van der Waals surface area (Å²) in [6.07, 6.45) is 0. The summed E-state index contributed by atoms with van der Waals surface area (Å²) in [5.74, 6) is 1.73. The molecule has 0 heterocycles. The van der Waals surface area contributed by atoms with Gasteiger partial charge in [-0.1, -0.05) is 52.5 Å². The van der Waals surface area contributed by atoms with Gasteiger partial charge in [0.15, 0.2) is 0 Å². The van der Waals surface area contributed by atoms with E-state index in [1.807, 2.05) is 0 Å². The Bertz CT molecular complexity index is 905. The predicted octanol–water partition coefficient (Wildman–Crippen LogP) is 7.05. The van der Waals surface area contributed by atoms with E-state index in [9.17, 15) is 0 Å². The standard InChI is InChI=1S/C18H12Cl4N2O2/c19-11-4-6-13(15(21)17(11)23)25-9-2-1-3-10(8-9)26-14-7-5-12(20)18(24)16(14)22/h1-8H,23-24H2. The van der Waals surface area contributed by atoms with E-state index in [2.05, 4.69) is 0 Å². The van der Waals surface area contributed by atoms with Crippen LogP contribution in [0, 0.1) is 0 Å². The fraction of sp³-hybridized carbons (Fsp3) is 0. The van der Waals surface area contributed by atoms with Gasteiger partial charge in [0.25, 0.3) is 0 Å². The number of nitrogens with two attached hydrogens (primary N) is 2. The van der Waals surface area contributed by atoms with E-state index in [4.69, 9.17) is 67.3 Å². The summed E-state index contributed by atoms with van der Waals surface area (Å²) in [6, 6.07) is 13.4. The molecule has 4 nitrogen and oxygen atoms in total. The number of nitrogen functional groups attached to an aromatic ring is 2. The third kappa shape index (κ3) is 3.89. The molecule has 0 saturated heterocycles. The van der Waals surface area contributed by atoms with Crippen molar-refractivity contribution in [2.45, 2.75) is 0 Å². The van der Waals surface area contributed by atoms with E-state index in [-0.39, 0.29) is 21.4 Å². The second-order valence-electron chi connectivity index (χ2n) is 5.23. The molecule has 0 bridgehead atoms. The van der Waals surface area contributed by atoms with Crippen LogP contribution in [-0.4, -0.2) is 0 Å².